The van der Waals surface area contributed by atoms with Crippen LogP contribution in [0.15, 0.2) is 29.3 Å². The maximum absolute atomic E-state index is 5.85. The minimum atomic E-state index is 0.00349. The van der Waals surface area contributed by atoms with Crippen molar-refractivity contribution in [3.05, 3.63) is 24.3 Å². The molecule has 1 fully saturated rings. The van der Waals surface area contributed by atoms with Gasteiger partial charge < -0.3 is 24.8 Å². The maximum atomic E-state index is 5.85. The number of methoxy groups -OCH3 is 1. The van der Waals surface area contributed by atoms with Crippen molar-refractivity contribution in [3.8, 4) is 11.5 Å². The first kappa shape index (κ1) is 22.3. The molecule has 0 aromatic heterocycles. The van der Waals surface area contributed by atoms with E-state index in [1.807, 2.05) is 24.3 Å². The number of hydrogen-bond acceptors (Lipinski definition) is 5. The van der Waals surface area contributed by atoms with Crippen LogP contribution in [0.2, 0.25) is 0 Å². The van der Waals surface area contributed by atoms with Gasteiger partial charge >= 0.3 is 0 Å². The average molecular weight is 393 g/mol. The SMILES string of the molecule is CN=C(NCCOc1ccc(OC)cc1)NCC(C)(C)N1CC(C)OC(C)C1. The number of nitrogens with one attached hydrogen (secondary N) is 2. The van der Waals surface area contributed by atoms with Gasteiger partial charge in [0.1, 0.15) is 18.1 Å². The summed E-state index contributed by atoms with van der Waals surface area (Å²) in [5.41, 5.74) is 0.00349. The Kier molecular flexibility index (Phi) is 8.38. The molecule has 158 valence electrons. The van der Waals surface area contributed by atoms with Gasteiger partial charge in [-0.3, -0.25) is 9.89 Å². The zero-order valence-electron chi connectivity index (χ0n) is 18.1. The number of hydrogen-bond donors (Lipinski definition) is 2. The molecule has 28 heavy (non-hydrogen) atoms. The summed E-state index contributed by atoms with van der Waals surface area (Å²) in [5.74, 6) is 2.42. The molecule has 0 saturated carbocycles. The Bertz CT molecular complexity index is 609. The Morgan fingerprint density at radius 2 is 1.75 bits per heavy atom. The lowest BCUT2D eigenvalue weighted by Gasteiger charge is -2.45. The molecule has 0 bridgehead atoms. The molecular weight excluding hydrogens is 356 g/mol. The molecule has 0 aliphatic carbocycles. The van der Waals surface area contributed by atoms with Gasteiger partial charge in [-0.25, -0.2) is 0 Å². The van der Waals surface area contributed by atoms with Crippen molar-refractivity contribution >= 4 is 5.96 Å². The molecule has 1 aliphatic heterocycles. The van der Waals surface area contributed by atoms with Gasteiger partial charge in [0, 0.05) is 32.2 Å². The molecule has 2 unspecified atom stereocenters. The molecule has 0 radical (unpaired) electrons. The lowest BCUT2D eigenvalue weighted by atomic mass is 10.00. The second-order valence-electron chi connectivity index (χ2n) is 7.85. The lowest BCUT2D eigenvalue weighted by molar-refractivity contribution is -0.0946. The number of benzene rings is 1. The van der Waals surface area contributed by atoms with Crippen LogP contribution in [-0.2, 0) is 4.74 Å². The number of rotatable bonds is 8. The molecule has 2 N–H and O–H groups in total. The van der Waals surface area contributed by atoms with Crippen LogP contribution in [0.25, 0.3) is 0 Å². The Balaban J connectivity index is 1.72. The van der Waals surface area contributed by atoms with Gasteiger partial charge in [-0.1, -0.05) is 0 Å². The number of aliphatic imine (C=N–C) groups is 1. The highest BCUT2D eigenvalue weighted by Gasteiger charge is 2.33. The molecule has 2 rings (SSSR count). The van der Waals surface area contributed by atoms with Crippen LogP contribution in [0.1, 0.15) is 27.7 Å². The van der Waals surface area contributed by atoms with E-state index in [4.69, 9.17) is 14.2 Å². The van der Waals surface area contributed by atoms with Crippen LogP contribution < -0.4 is 20.1 Å². The third-order valence-electron chi connectivity index (χ3n) is 4.91. The predicted molar refractivity (Wildman–Crippen MR) is 114 cm³/mol. The largest absolute Gasteiger partial charge is 0.497 e. The summed E-state index contributed by atoms with van der Waals surface area (Å²) >= 11 is 0. The van der Waals surface area contributed by atoms with Crippen molar-refractivity contribution in [1.29, 1.82) is 0 Å². The minimum absolute atomic E-state index is 0.00349. The Hall–Kier alpha value is -1.99. The fraction of sp³-hybridized carbons (Fsp3) is 0.667. The standard InChI is InChI=1S/C21H36N4O3/c1-16-13-25(14-17(2)28-16)21(3,4)15-24-20(22-5)23-11-12-27-19-9-7-18(26-6)8-10-19/h7-10,16-17H,11-15H2,1-6H3,(H2,22,23,24). The van der Waals surface area contributed by atoms with Crippen molar-refractivity contribution in [2.75, 3.05) is 46.9 Å². The van der Waals surface area contributed by atoms with Gasteiger partial charge in [0.05, 0.1) is 25.9 Å². The van der Waals surface area contributed by atoms with E-state index < -0.39 is 0 Å². The molecule has 1 aromatic rings. The smallest absolute Gasteiger partial charge is 0.191 e. The van der Waals surface area contributed by atoms with Crippen molar-refractivity contribution in [2.24, 2.45) is 4.99 Å². The van der Waals surface area contributed by atoms with Gasteiger partial charge in [-0.05, 0) is 52.0 Å². The highest BCUT2D eigenvalue weighted by molar-refractivity contribution is 5.79. The van der Waals surface area contributed by atoms with Gasteiger partial charge in [-0.2, -0.15) is 0 Å². The first-order valence-corrected chi connectivity index (χ1v) is 9.96. The van der Waals surface area contributed by atoms with E-state index in [1.54, 1.807) is 14.2 Å². The molecular formula is C21H36N4O3. The van der Waals surface area contributed by atoms with Crippen LogP contribution in [0, 0.1) is 0 Å². The van der Waals surface area contributed by atoms with Gasteiger partial charge in [0.25, 0.3) is 0 Å². The van der Waals surface area contributed by atoms with E-state index in [0.717, 1.165) is 37.1 Å². The van der Waals surface area contributed by atoms with E-state index in [-0.39, 0.29) is 17.7 Å². The third kappa shape index (κ3) is 6.87. The van der Waals surface area contributed by atoms with Crippen LogP contribution in [0.3, 0.4) is 0 Å². The molecule has 7 heteroatoms. The second kappa shape index (κ2) is 10.5. The fourth-order valence-electron chi connectivity index (χ4n) is 3.31. The molecule has 1 aliphatic rings. The highest BCUT2D eigenvalue weighted by atomic mass is 16.5. The Morgan fingerprint density at radius 1 is 1.14 bits per heavy atom. The number of nitrogens with zero attached hydrogens (tertiary/aromatic N) is 2. The average Bonchev–Trinajstić information content (AvgIpc) is 2.67. The Labute approximate surface area is 169 Å². The van der Waals surface area contributed by atoms with Crippen LogP contribution in [-0.4, -0.2) is 75.5 Å². The van der Waals surface area contributed by atoms with Gasteiger partial charge in [-0.15, -0.1) is 0 Å². The monoisotopic (exact) mass is 392 g/mol. The molecule has 7 nitrogen and oxygen atoms in total. The zero-order valence-corrected chi connectivity index (χ0v) is 18.1. The van der Waals surface area contributed by atoms with Crippen molar-refractivity contribution in [3.63, 3.8) is 0 Å². The molecule has 1 saturated heterocycles. The second-order valence-corrected chi connectivity index (χ2v) is 7.85. The highest BCUT2D eigenvalue weighted by Crippen LogP contribution is 2.20. The van der Waals surface area contributed by atoms with Gasteiger partial charge in [0.2, 0.25) is 0 Å². The minimum Gasteiger partial charge on any atom is -0.497 e. The zero-order chi connectivity index (χ0) is 20.6. The molecule has 1 aromatic carbocycles. The molecule has 0 spiro atoms. The summed E-state index contributed by atoms with van der Waals surface area (Å²) < 4.78 is 16.7. The number of ether oxygens (including phenoxy) is 3. The summed E-state index contributed by atoms with van der Waals surface area (Å²) in [4.78, 5) is 6.80. The first-order valence-electron chi connectivity index (χ1n) is 9.96. The first-order chi connectivity index (χ1) is 13.3. The number of morpholine rings is 1. The van der Waals surface area contributed by atoms with Crippen LogP contribution in [0.4, 0.5) is 0 Å². The summed E-state index contributed by atoms with van der Waals surface area (Å²) in [5, 5.41) is 6.74. The molecule has 1 heterocycles. The van der Waals surface area contributed by atoms with Crippen molar-refractivity contribution in [2.45, 2.75) is 45.4 Å². The van der Waals surface area contributed by atoms with Gasteiger partial charge in [0.15, 0.2) is 5.96 Å². The number of guanidine groups is 1. The summed E-state index contributed by atoms with van der Waals surface area (Å²) in [6, 6.07) is 7.58. The molecule has 2 atom stereocenters. The normalized spacial score (nSPS) is 21.3. The molecule has 0 amide bonds. The Morgan fingerprint density at radius 3 is 2.32 bits per heavy atom. The van der Waals surface area contributed by atoms with Crippen molar-refractivity contribution < 1.29 is 14.2 Å². The lowest BCUT2D eigenvalue weighted by Crippen LogP contribution is -2.59. The van der Waals surface area contributed by atoms with E-state index in [2.05, 4.69) is 48.2 Å². The predicted octanol–water partition coefficient (Wildman–Crippen LogP) is 2.13. The van der Waals surface area contributed by atoms with E-state index in [9.17, 15) is 0 Å². The maximum Gasteiger partial charge on any atom is 0.191 e. The van der Waals surface area contributed by atoms with E-state index >= 15 is 0 Å². The van der Waals surface area contributed by atoms with Crippen LogP contribution >= 0.6 is 0 Å². The summed E-state index contributed by atoms with van der Waals surface area (Å²) in [7, 11) is 3.44. The van der Waals surface area contributed by atoms with Crippen molar-refractivity contribution in [1.82, 2.24) is 15.5 Å². The third-order valence-corrected chi connectivity index (χ3v) is 4.91. The van der Waals surface area contributed by atoms with E-state index in [1.165, 1.54) is 0 Å². The van der Waals surface area contributed by atoms with Crippen LogP contribution in [0.5, 0.6) is 11.5 Å². The van der Waals surface area contributed by atoms with E-state index in [0.29, 0.717) is 13.2 Å². The quantitative estimate of drug-likeness (QED) is 0.401. The fourth-order valence-corrected chi connectivity index (χ4v) is 3.31. The summed E-state index contributed by atoms with van der Waals surface area (Å²) in [6.07, 6.45) is 0.520. The topological polar surface area (TPSA) is 67.4 Å². The summed E-state index contributed by atoms with van der Waals surface area (Å²) in [6.45, 7) is 12.7.